The first-order valence-corrected chi connectivity index (χ1v) is 11.8. The molecule has 1 aromatic rings. The normalized spacial score (nSPS) is 22.8. The topological polar surface area (TPSA) is 42.9 Å². The Kier molecular flexibility index (Phi) is 7.77. The van der Waals surface area contributed by atoms with Crippen molar-refractivity contribution >= 4 is 17.3 Å². The van der Waals surface area contributed by atoms with Gasteiger partial charge in [-0.2, -0.15) is 0 Å². The van der Waals surface area contributed by atoms with Gasteiger partial charge in [0.05, 0.1) is 0 Å². The van der Waals surface area contributed by atoms with Gasteiger partial charge in [-0.3, -0.25) is 9.89 Å². The Hall–Kier alpha value is -1.11. The largest absolute Gasteiger partial charge is 0.355 e. The van der Waals surface area contributed by atoms with Crippen molar-refractivity contribution in [1.82, 2.24) is 20.4 Å². The van der Waals surface area contributed by atoms with Crippen LogP contribution in [0.15, 0.2) is 17.1 Å². The van der Waals surface area contributed by atoms with Gasteiger partial charge in [-0.15, -0.1) is 11.3 Å². The van der Waals surface area contributed by atoms with Crippen molar-refractivity contribution in [2.24, 2.45) is 4.99 Å². The van der Waals surface area contributed by atoms with E-state index in [2.05, 4.69) is 58.5 Å². The van der Waals surface area contributed by atoms with E-state index in [9.17, 15) is 0 Å². The molecule has 0 spiro atoms. The summed E-state index contributed by atoms with van der Waals surface area (Å²) in [5, 5.41) is 7.31. The standard InChI is InChI=1S/C22H39N5S/c1-18(16-20-9-8-19(2)28-20)25-21(23-3)24-17-22(10-14-26(4)15-11-22)27-12-6-5-7-13-27/h8-9,18H,5-7,10-17H2,1-4H3,(H2,23,24,25). The molecule has 0 aliphatic carbocycles. The second-order valence-corrected chi connectivity index (χ2v) is 10.1. The van der Waals surface area contributed by atoms with Crippen molar-refractivity contribution in [2.45, 2.75) is 64.0 Å². The van der Waals surface area contributed by atoms with Crippen LogP contribution in [0.2, 0.25) is 0 Å². The summed E-state index contributed by atoms with van der Waals surface area (Å²) in [5.74, 6) is 0.941. The van der Waals surface area contributed by atoms with Crippen LogP contribution in [0.1, 0.15) is 48.8 Å². The Morgan fingerprint density at radius 1 is 1.18 bits per heavy atom. The minimum atomic E-state index is 0.276. The summed E-state index contributed by atoms with van der Waals surface area (Å²) in [4.78, 5) is 12.6. The van der Waals surface area contributed by atoms with Crippen molar-refractivity contribution in [3.8, 4) is 0 Å². The van der Waals surface area contributed by atoms with Crippen LogP contribution in [0.25, 0.3) is 0 Å². The molecule has 158 valence electrons. The Morgan fingerprint density at radius 3 is 2.50 bits per heavy atom. The summed E-state index contributed by atoms with van der Waals surface area (Å²) < 4.78 is 0. The highest BCUT2D eigenvalue weighted by molar-refractivity contribution is 7.11. The number of thiophene rings is 1. The van der Waals surface area contributed by atoms with Crippen LogP contribution in [0.4, 0.5) is 0 Å². The van der Waals surface area contributed by atoms with Crippen LogP contribution < -0.4 is 10.6 Å². The van der Waals surface area contributed by atoms with Crippen molar-refractivity contribution < 1.29 is 0 Å². The molecular weight excluding hydrogens is 366 g/mol. The molecule has 2 aliphatic rings. The molecule has 2 N–H and O–H groups in total. The van der Waals surface area contributed by atoms with Gasteiger partial charge in [-0.05, 0) is 84.9 Å². The number of aliphatic imine (C=N–C) groups is 1. The van der Waals surface area contributed by atoms with Gasteiger partial charge in [-0.25, -0.2) is 0 Å². The minimum Gasteiger partial charge on any atom is -0.355 e. The lowest BCUT2D eigenvalue weighted by Crippen LogP contribution is -2.62. The molecule has 5 nitrogen and oxygen atoms in total. The summed E-state index contributed by atoms with van der Waals surface area (Å²) in [5.41, 5.74) is 0.276. The van der Waals surface area contributed by atoms with E-state index in [4.69, 9.17) is 0 Å². The Morgan fingerprint density at radius 2 is 1.89 bits per heavy atom. The number of guanidine groups is 1. The minimum absolute atomic E-state index is 0.276. The molecule has 0 amide bonds. The van der Waals surface area contributed by atoms with E-state index in [0.717, 1.165) is 18.9 Å². The number of rotatable bonds is 6. The lowest BCUT2D eigenvalue weighted by atomic mass is 9.84. The fourth-order valence-electron chi connectivity index (χ4n) is 4.63. The summed E-state index contributed by atoms with van der Waals surface area (Å²) in [6.07, 6.45) is 7.63. The molecule has 0 bridgehead atoms. The van der Waals surface area contributed by atoms with Crippen LogP contribution in [0.3, 0.4) is 0 Å². The zero-order chi connectivity index (χ0) is 20.0. The first kappa shape index (κ1) is 21.6. The van der Waals surface area contributed by atoms with E-state index in [1.807, 2.05) is 18.4 Å². The summed E-state index contributed by atoms with van der Waals surface area (Å²) in [6, 6.07) is 4.83. The number of nitrogens with one attached hydrogen (secondary N) is 2. The molecule has 3 rings (SSSR count). The van der Waals surface area contributed by atoms with Crippen molar-refractivity contribution in [3.63, 3.8) is 0 Å². The second kappa shape index (κ2) is 10.1. The molecule has 0 radical (unpaired) electrons. The van der Waals surface area contributed by atoms with E-state index in [1.54, 1.807) is 0 Å². The molecule has 2 fully saturated rings. The first-order chi connectivity index (χ1) is 13.5. The van der Waals surface area contributed by atoms with Gasteiger partial charge >= 0.3 is 0 Å². The first-order valence-electron chi connectivity index (χ1n) is 11.0. The fraction of sp³-hybridized carbons (Fsp3) is 0.773. The quantitative estimate of drug-likeness (QED) is 0.564. The van der Waals surface area contributed by atoms with E-state index >= 15 is 0 Å². The van der Waals surface area contributed by atoms with Crippen molar-refractivity contribution in [2.75, 3.05) is 46.8 Å². The predicted octanol–water partition coefficient (Wildman–Crippen LogP) is 3.10. The number of hydrogen-bond donors (Lipinski definition) is 2. The molecule has 28 heavy (non-hydrogen) atoms. The van der Waals surface area contributed by atoms with Crippen molar-refractivity contribution in [3.05, 3.63) is 21.9 Å². The van der Waals surface area contributed by atoms with E-state index in [1.165, 1.54) is 68.0 Å². The molecule has 0 aromatic carbocycles. The van der Waals surface area contributed by atoms with Crippen molar-refractivity contribution in [1.29, 1.82) is 0 Å². The Bertz CT molecular complexity index is 627. The fourth-order valence-corrected chi connectivity index (χ4v) is 5.65. The molecule has 6 heteroatoms. The van der Waals surface area contributed by atoms with Crippen LogP contribution in [0.5, 0.6) is 0 Å². The van der Waals surface area contributed by atoms with Crippen LogP contribution >= 0.6 is 11.3 Å². The van der Waals surface area contributed by atoms with E-state index < -0.39 is 0 Å². The lowest BCUT2D eigenvalue weighted by Gasteiger charge is -2.50. The molecule has 2 saturated heterocycles. The number of aryl methyl sites for hydroxylation is 1. The average molecular weight is 406 g/mol. The molecule has 0 saturated carbocycles. The van der Waals surface area contributed by atoms with Gasteiger partial charge in [0, 0.05) is 41.3 Å². The number of likely N-dealkylation sites (tertiary alicyclic amines) is 2. The lowest BCUT2D eigenvalue weighted by molar-refractivity contribution is 0.0173. The van der Waals surface area contributed by atoms with Crippen LogP contribution in [-0.4, -0.2) is 74.2 Å². The third kappa shape index (κ3) is 5.71. The van der Waals surface area contributed by atoms with Gasteiger partial charge in [0.25, 0.3) is 0 Å². The smallest absolute Gasteiger partial charge is 0.191 e. The number of hydrogen-bond acceptors (Lipinski definition) is 4. The Labute approximate surface area is 175 Å². The third-order valence-corrected chi connectivity index (χ3v) is 7.46. The third-order valence-electron chi connectivity index (χ3n) is 6.44. The summed E-state index contributed by atoms with van der Waals surface area (Å²) in [6.45, 7) is 10.3. The highest BCUT2D eigenvalue weighted by Crippen LogP contribution is 2.30. The van der Waals surface area contributed by atoms with Gasteiger partial charge in [0.15, 0.2) is 5.96 Å². The second-order valence-electron chi connectivity index (χ2n) is 8.76. The summed E-state index contributed by atoms with van der Waals surface area (Å²) in [7, 11) is 4.14. The highest BCUT2D eigenvalue weighted by Gasteiger charge is 2.39. The zero-order valence-corrected chi connectivity index (χ0v) is 19.1. The predicted molar refractivity (Wildman–Crippen MR) is 122 cm³/mol. The SMILES string of the molecule is CN=C(NCC1(N2CCCCC2)CCN(C)CC1)NC(C)Cc1ccc(C)s1. The monoisotopic (exact) mass is 405 g/mol. The average Bonchev–Trinajstić information content (AvgIpc) is 3.11. The molecule has 1 aromatic heterocycles. The molecular formula is C22H39N5S. The van der Waals surface area contributed by atoms with Crippen LogP contribution in [-0.2, 0) is 6.42 Å². The molecule has 3 heterocycles. The van der Waals surface area contributed by atoms with Gasteiger partial charge in [0.1, 0.15) is 0 Å². The van der Waals surface area contributed by atoms with Crippen LogP contribution in [0, 0.1) is 6.92 Å². The number of nitrogens with zero attached hydrogens (tertiary/aromatic N) is 3. The van der Waals surface area contributed by atoms with Gasteiger partial charge in [-0.1, -0.05) is 6.42 Å². The van der Waals surface area contributed by atoms with Gasteiger partial charge < -0.3 is 15.5 Å². The van der Waals surface area contributed by atoms with E-state index in [0.29, 0.717) is 6.04 Å². The molecule has 2 aliphatic heterocycles. The maximum atomic E-state index is 4.52. The molecule has 1 unspecified atom stereocenters. The Balaban J connectivity index is 1.57. The maximum absolute atomic E-state index is 4.52. The maximum Gasteiger partial charge on any atom is 0.191 e. The molecule has 1 atom stereocenters. The van der Waals surface area contributed by atoms with E-state index in [-0.39, 0.29) is 5.54 Å². The summed E-state index contributed by atoms with van der Waals surface area (Å²) >= 11 is 1.89. The van der Waals surface area contributed by atoms with Gasteiger partial charge in [0.2, 0.25) is 0 Å². The number of piperidine rings is 2. The zero-order valence-electron chi connectivity index (χ0n) is 18.3. The highest BCUT2D eigenvalue weighted by atomic mass is 32.1.